The molecule has 0 unspecified atom stereocenters. The fourth-order valence-corrected chi connectivity index (χ4v) is 1.82. The summed E-state index contributed by atoms with van der Waals surface area (Å²) < 4.78 is 10.8. The average molecular weight is 274 g/mol. The zero-order chi connectivity index (χ0) is 13.7. The van der Waals surface area contributed by atoms with Gasteiger partial charge in [0.25, 0.3) is 0 Å². The van der Waals surface area contributed by atoms with Crippen molar-refractivity contribution in [1.29, 1.82) is 5.26 Å². The third kappa shape index (κ3) is 3.40. The maximum Gasteiger partial charge on any atom is 0.137 e. The molecule has 0 amide bonds. The van der Waals surface area contributed by atoms with E-state index in [1.165, 1.54) is 7.11 Å². The molecule has 2 rings (SSSR count). The van der Waals surface area contributed by atoms with Crippen LogP contribution >= 0.6 is 11.6 Å². The molecular formula is C15H12ClNO2. The summed E-state index contributed by atoms with van der Waals surface area (Å²) in [7, 11) is 1.54. The summed E-state index contributed by atoms with van der Waals surface area (Å²) in [6.07, 6.45) is 0. The summed E-state index contributed by atoms with van der Waals surface area (Å²) in [5, 5.41) is 9.54. The Bertz CT molecular complexity index is 620. The zero-order valence-corrected chi connectivity index (χ0v) is 11.1. The fraction of sp³-hybridized carbons (Fsp3) is 0.133. The van der Waals surface area contributed by atoms with Gasteiger partial charge < -0.3 is 9.47 Å². The second-order valence-corrected chi connectivity index (χ2v) is 4.33. The van der Waals surface area contributed by atoms with Crippen molar-refractivity contribution in [2.24, 2.45) is 0 Å². The minimum atomic E-state index is 0.391. The van der Waals surface area contributed by atoms with Crippen LogP contribution in [0.5, 0.6) is 11.5 Å². The minimum absolute atomic E-state index is 0.391. The largest absolute Gasteiger partial charge is 0.495 e. The van der Waals surface area contributed by atoms with E-state index in [4.69, 9.17) is 26.3 Å². The van der Waals surface area contributed by atoms with Gasteiger partial charge in [0.15, 0.2) is 0 Å². The third-order valence-corrected chi connectivity index (χ3v) is 2.82. The number of nitrogens with zero attached hydrogens (tertiary/aromatic N) is 1. The molecule has 2 aromatic carbocycles. The van der Waals surface area contributed by atoms with E-state index in [-0.39, 0.29) is 0 Å². The summed E-state index contributed by atoms with van der Waals surface area (Å²) in [6.45, 7) is 0.391. The predicted octanol–water partition coefficient (Wildman–Crippen LogP) is 3.80. The van der Waals surface area contributed by atoms with E-state index in [1.807, 2.05) is 18.2 Å². The summed E-state index contributed by atoms with van der Waals surface area (Å²) in [5.41, 5.74) is 1.44. The lowest BCUT2D eigenvalue weighted by molar-refractivity contribution is 0.305. The Kier molecular flexibility index (Phi) is 4.27. The van der Waals surface area contributed by atoms with Crippen LogP contribution in [0.15, 0.2) is 42.5 Å². The van der Waals surface area contributed by atoms with Gasteiger partial charge in [-0.2, -0.15) is 5.26 Å². The van der Waals surface area contributed by atoms with Crippen LogP contribution in [-0.2, 0) is 6.61 Å². The highest BCUT2D eigenvalue weighted by Gasteiger charge is 2.04. The van der Waals surface area contributed by atoms with Gasteiger partial charge in [0, 0.05) is 5.02 Å². The van der Waals surface area contributed by atoms with Crippen molar-refractivity contribution in [2.75, 3.05) is 7.11 Å². The Hall–Kier alpha value is -2.18. The molecule has 0 aromatic heterocycles. The van der Waals surface area contributed by atoms with Crippen LogP contribution in [0, 0.1) is 11.3 Å². The van der Waals surface area contributed by atoms with Crippen LogP contribution in [0.4, 0.5) is 0 Å². The maximum atomic E-state index is 8.90. The van der Waals surface area contributed by atoms with Crippen LogP contribution in [0.3, 0.4) is 0 Å². The highest BCUT2D eigenvalue weighted by molar-refractivity contribution is 6.30. The van der Waals surface area contributed by atoms with Gasteiger partial charge in [-0.05, 0) is 35.9 Å². The Morgan fingerprint density at radius 1 is 1.21 bits per heavy atom. The molecule has 0 radical (unpaired) electrons. The molecule has 0 aliphatic rings. The van der Waals surface area contributed by atoms with Gasteiger partial charge in [-0.1, -0.05) is 23.7 Å². The lowest BCUT2D eigenvalue weighted by atomic mass is 10.1. The molecule has 0 atom stereocenters. The maximum absolute atomic E-state index is 8.90. The molecule has 0 heterocycles. The number of rotatable bonds is 4. The molecule has 0 saturated carbocycles. The van der Waals surface area contributed by atoms with Crippen LogP contribution in [0.2, 0.25) is 5.02 Å². The first-order valence-corrected chi connectivity index (χ1v) is 6.06. The Balaban J connectivity index is 2.10. The molecule has 2 aromatic rings. The highest BCUT2D eigenvalue weighted by atomic mass is 35.5. The normalized spacial score (nSPS) is 9.74. The van der Waals surface area contributed by atoms with Gasteiger partial charge >= 0.3 is 0 Å². The Morgan fingerprint density at radius 3 is 2.74 bits per heavy atom. The van der Waals surface area contributed by atoms with Gasteiger partial charge in [-0.15, -0.1) is 0 Å². The number of methoxy groups -OCH3 is 1. The third-order valence-electron chi connectivity index (χ3n) is 2.59. The van der Waals surface area contributed by atoms with Gasteiger partial charge in [0.2, 0.25) is 0 Å². The predicted molar refractivity (Wildman–Crippen MR) is 73.5 cm³/mol. The van der Waals surface area contributed by atoms with Crippen LogP contribution in [-0.4, -0.2) is 7.11 Å². The van der Waals surface area contributed by atoms with Crippen molar-refractivity contribution in [3.05, 3.63) is 58.6 Å². The van der Waals surface area contributed by atoms with Crippen molar-refractivity contribution in [1.82, 2.24) is 0 Å². The number of halogens is 1. The molecule has 0 aliphatic carbocycles. The van der Waals surface area contributed by atoms with Crippen LogP contribution < -0.4 is 9.47 Å². The summed E-state index contributed by atoms with van der Waals surface area (Å²) >= 11 is 5.88. The molecule has 0 fully saturated rings. The van der Waals surface area contributed by atoms with E-state index in [2.05, 4.69) is 6.07 Å². The molecule has 3 nitrogen and oxygen atoms in total. The standard InChI is InChI=1S/C15H12ClNO2/c1-18-15-7-11(5-6-12(15)9-17)10-19-14-4-2-3-13(16)8-14/h2-8H,10H2,1H3. The fourth-order valence-electron chi connectivity index (χ4n) is 1.64. The first-order valence-electron chi connectivity index (χ1n) is 5.68. The highest BCUT2D eigenvalue weighted by Crippen LogP contribution is 2.22. The lowest BCUT2D eigenvalue weighted by Gasteiger charge is -2.08. The average Bonchev–Trinajstić information content (AvgIpc) is 2.45. The minimum Gasteiger partial charge on any atom is -0.495 e. The van der Waals surface area contributed by atoms with Crippen molar-refractivity contribution in [3.63, 3.8) is 0 Å². The second-order valence-electron chi connectivity index (χ2n) is 3.89. The molecule has 0 bridgehead atoms. The lowest BCUT2D eigenvalue weighted by Crippen LogP contribution is -1.97. The number of benzene rings is 2. The SMILES string of the molecule is COc1cc(COc2cccc(Cl)c2)ccc1C#N. The van der Waals surface area contributed by atoms with Crippen molar-refractivity contribution in [3.8, 4) is 17.6 Å². The van der Waals surface area contributed by atoms with Crippen molar-refractivity contribution >= 4 is 11.6 Å². The Labute approximate surface area is 117 Å². The van der Waals surface area contributed by atoms with Gasteiger partial charge in [0.05, 0.1) is 12.7 Å². The molecule has 0 saturated heterocycles. The zero-order valence-electron chi connectivity index (χ0n) is 10.4. The smallest absolute Gasteiger partial charge is 0.137 e. The molecular weight excluding hydrogens is 262 g/mol. The number of hydrogen-bond donors (Lipinski definition) is 0. The molecule has 4 heteroatoms. The summed E-state index contributed by atoms with van der Waals surface area (Å²) in [6, 6.07) is 14.6. The molecule has 0 spiro atoms. The topological polar surface area (TPSA) is 42.2 Å². The number of hydrogen-bond acceptors (Lipinski definition) is 3. The molecule has 0 N–H and O–H groups in total. The van der Waals surface area contributed by atoms with Crippen LogP contribution in [0.25, 0.3) is 0 Å². The molecule has 0 aliphatic heterocycles. The number of ether oxygens (including phenoxy) is 2. The molecule has 19 heavy (non-hydrogen) atoms. The number of nitriles is 1. The summed E-state index contributed by atoms with van der Waals surface area (Å²) in [4.78, 5) is 0. The van der Waals surface area contributed by atoms with E-state index in [0.29, 0.717) is 28.7 Å². The van der Waals surface area contributed by atoms with E-state index >= 15 is 0 Å². The quantitative estimate of drug-likeness (QED) is 0.851. The van der Waals surface area contributed by atoms with E-state index in [1.54, 1.807) is 24.3 Å². The van der Waals surface area contributed by atoms with Crippen LogP contribution in [0.1, 0.15) is 11.1 Å². The second kappa shape index (κ2) is 6.12. The van der Waals surface area contributed by atoms with E-state index in [9.17, 15) is 0 Å². The summed E-state index contributed by atoms with van der Waals surface area (Å²) in [5.74, 6) is 1.26. The van der Waals surface area contributed by atoms with Gasteiger partial charge in [-0.3, -0.25) is 0 Å². The van der Waals surface area contributed by atoms with Gasteiger partial charge in [0.1, 0.15) is 24.2 Å². The first-order chi connectivity index (χ1) is 9.22. The van der Waals surface area contributed by atoms with Crippen molar-refractivity contribution < 1.29 is 9.47 Å². The molecule has 96 valence electrons. The monoisotopic (exact) mass is 273 g/mol. The van der Waals surface area contributed by atoms with Gasteiger partial charge in [-0.25, -0.2) is 0 Å². The first kappa shape index (κ1) is 13.3. The van der Waals surface area contributed by atoms with E-state index in [0.717, 1.165) is 5.56 Å². The van der Waals surface area contributed by atoms with E-state index < -0.39 is 0 Å². The Morgan fingerprint density at radius 2 is 2.05 bits per heavy atom. The van der Waals surface area contributed by atoms with Crippen molar-refractivity contribution in [2.45, 2.75) is 6.61 Å².